The molecule has 3 N–H and O–H groups in total. The van der Waals surface area contributed by atoms with Gasteiger partial charge in [0.1, 0.15) is 0 Å². The van der Waals surface area contributed by atoms with Crippen LogP contribution in [0.25, 0.3) is 0 Å². The minimum atomic E-state index is -0.778. The van der Waals surface area contributed by atoms with Crippen LogP contribution in [0.15, 0.2) is 0 Å². The molecule has 2 rings (SSSR count). The molecule has 0 aromatic rings. The summed E-state index contributed by atoms with van der Waals surface area (Å²) in [5.41, 5.74) is 4.52. The molecule has 120 valence electrons. The van der Waals surface area contributed by atoms with Crippen molar-refractivity contribution < 1.29 is 14.7 Å². The van der Waals surface area contributed by atoms with Gasteiger partial charge in [0.2, 0.25) is 11.8 Å². The number of hydrogen-bond donors (Lipinski definition) is 2. The van der Waals surface area contributed by atoms with Gasteiger partial charge in [-0.25, -0.2) is 0 Å². The smallest absolute Gasteiger partial charge is 0.237 e. The Labute approximate surface area is 126 Å². The van der Waals surface area contributed by atoms with Crippen LogP contribution in [0.1, 0.15) is 44.9 Å². The van der Waals surface area contributed by atoms with E-state index in [-0.39, 0.29) is 18.9 Å². The Hall–Kier alpha value is -1.14. The van der Waals surface area contributed by atoms with Gasteiger partial charge in [-0.15, -0.1) is 0 Å². The molecule has 0 spiro atoms. The van der Waals surface area contributed by atoms with Crippen LogP contribution < -0.4 is 5.73 Å². The van der Waals surface area contributed by atoms with E-state index in [4.69, 9.17) is 5.73 Å². The molecular weight excluding hydrogens is 270 g/mol. The van der Waals surface area contributed by atoms with Crippen LogP contribution in [-0.2, 0) is 9.59 Å². The van der Waals surface area contributed by atoms with Gasteiger partial charge in [-0.1, -0.05) is 12.8 Å². The van der Waals surface area contributed by atoms with Gasteiger partial charge in [-0.3, -0.25) is 14.5 Å². The second-order valence-electron chi connectivity index (χ2n) is 6.53. The molecule has 21 heavy (non-hydrogen) atoms. The molecule has 1 heterocycles. The lowest BCUT2D eigenvalue weighted by Gasteiger charge is -2.37. The average Bonchev–Trinajstić information content (AvgIpc) is 3.07. The number of hydrogen-bond acceptors (Lipinski definition) is 4. The zero-order valence-electron chi connectivity index (χ0n) is 12.9. The van der Waals surface area contributed by atoms with Crippen molar-refractivity contribution in [2.75, 3.05) is 26.7 Å². The maximum atomic E-state index is 12.6. The molecule has 1 aliphatic carbocycles. The summed E-state index contributed by atoms with van der Waals surface area (Å²) in [4.78, 5) is 27.7. The first-order valence-electron chi connectivity index (χ1n) is 7.88. The van der Waals surface area contributed by atoms with Crippen molar-refractivity contribution in [1.82, 2.24) is 9.80 Å². The summed E-state index contributed by atoms with van der Waals surface area (Å²) < 4.78 is 0. The number of primary amides is 1. The molecule has 2 aliphatic rings. The number of aliphatic hydroxyl groups excluding tert-OH is 1. The van der Waals surface area contributed by atoms with Crippen molar-refractivity contribution in [3.8, 4) is 0 Å². The number of likely N-dealkylation sites (N-methyl/N-ethyl adjacent to an activating group) is 1. The molecule has 1 saturated carbocycles. The summed E-state index contributed by atoms with van der Waals surface area (Å²) in [6.07, 6.45) is 6.26. The monoisotopic (exact) mass is 297 g/mol. The van der Waals surface area contributed by atoms with Crippen molar-refractivity contribution >= 4 is 11.8 Å². The number of carbonyl (C=O) groups is 2. The van der Waals surface area contributed by atoms with E-state index in [9.17, 15) is 14.7 Å². The van der Waals surface area contributed by atoms with Crippen LogP contribution in [-0.4, -0.2) is 65.0 Å². The first kappa shape index (κ1) is 16.2. The molecule has 0 aromatic heterocycles. The largest absolute Gasteiger partial charge is 0.394 e. The summed E-state index contributed by atoms with van der Waals surface area (Å²) in [5, 5.41) is 9.72. The fraction of sp³-hybridized carbons (Fsp3) is 0.867. The highest BCUT2D eigenvalue weighted by molar-refractivity contribution is 5.82. The average molecular weight is 297 g/mol. The Kier molecular flexibility index (Phi) is 5.22. The maximum Gasteiger partial charge on any atom is 0.237 e. The van der Waals surface area contributed by atoms with Crippen LogP contribution >= 0.6 is 0 Å². The standard InChI is InChI=1S/C15H27N3O3/c1-17(12-5-2-3-6-12)10-14(21)18-8-4-7-15(18,11-19)9-13(16)20/h12,19H,2-11H2,1H3,(H2,16,20)/t15-/m0/s1. The van der Waals surface area contributed by atoms with Gasteiger partial charge in [0.15, 0.2) is 0 Å². The fourth-order valence-electron chi connectivity index (χ4n) is 3.83. The third-order valence-corrected chi connectivity index (χ3v) is 5.03. The number of aliphatic hydroxyl groups is 1. The molecular formula is C15H27N3O3. The van der Waals surface area contributed by atoms with Crippen molar-refractivity contribution in [3.05, 3.63) is 0 Å². The van der Waals surface area contributed by atoms with Gasteiger partial charge in [0, 0.05) is 12.6 Å². The number of rotatable bonds is 6. The first-order chi connectivity index (χ1) is 9.98. The SMILES string of the molecule is CN(CC(=O)N1CCC[C@@]1(CO)CC(N)=O)C1CCCC1. The van der Waals surface area contributed by atoms with E-state index < -0.39 is 11.4 Å². The molecule has 2 fully saturated rings. The van der Waals surface area contributed by atoms with E-state index in [1.807, 2.05) is 7.05 Å². The highest BCUT2D eigenvalue weighted by Crippen LogP contribution is 2.32. The van der Waals surface area contributed by atoms with Crippen LogP contribution in [0.4, 0.5) is 0 Å². The minimum absolute atomic E-state index is 0.00259. The molecule has 2 amide bonds. The number of nitrogens with zero attached hydrogens (tertiary/aromatic N) is 2. The molecule has 1 aliphatic heterocycles. The number of carbonyl (C=O) groups excluding carboxylic acids is 2. The van der Waals surface area contributed by atoms with Crippen molar-refractivity contribution in [1.29, 1.82) is 0 Å². The third-order valence-electron chi connectivity index (χ3n) is 5.03. The molecule has 0 bridgehead atoms. The fourth-order valence-corrected chi connectivity index (χ4v) is 3.83. The van der Waals surface area contributed by atoms with Gasteiger partial charge in [-0.2, -0.15) is 0 Å². The lowest BCUT2D eigenvalue weighted by atomic mass is 9.92. The molecule has 6 heteroatoms. The summed E-state index contributed by atoms with van der Waals surface area (Å²) in [6, 6.07) is 0.483. The first-order valence-corrected chi connectivity index (χ1v) is 7.88. The third kappa shape index (κ3) is 3.55. The van der Waals surface area contributed by atoms with Crippen molar-refractivity contribution in [3.63, 3.8) is 0 Å². The molecule has 6 nitrogen and oxygen atoms in total. The van der Waals surface area contributed by atoms with Crippen LogP contribution in [0.5, 0.6) is 0 Å². The predicted molar refractivity (Wildman–Crippen MR) is 79.5 cm³/mol. The number of likely N-dealkylation sites (tertiary alicyclic amines) is 1. The Morgan fingerprint density at radius 3 is 2.57 bits per heavy atom. The Morgan fingerprint density at radius 2 is 2.00 bits per heavy atom. The van der Waals surface area contributed by atoms with Gasteiger partial charge in [0.05, 0.1) is 25.1 Å². The summed E-state index contributed by atoms with van der Waals surface area (Å²) in [5.74, 6) is -0.468. The Morgan fingerprint density at radius 1 is 1.33 bits per heavy atom. The minimum Gasteiger partial charge on any atom is -0.394 e. The lowest BCUT2D eigenvalue weighted by molar-refractivity contribution is -0.140. The van der Waals surface area contributed by atoms with Crippen molar-refractivity contribution in [2.24, 2.45) is 5.73 Å². The summed E-state index contributed by atoms with van der Waals surface area (Å²) in [7, 11) is 1.98. The van der Waals surface area contributed by atoms with E-state index in [1.54, 1.807) is 4.90 Å². The van der Waals surface area contributed by atoms with Crippen LogP contribution in [0.3, 0.4) is 0 Å². The lowest BCUT2D eigenvalue weighted by Crippen LogP contribution is -2.54. The second kappa shape index (κ2) is 6.75. The molecule has 1 saturated heterocycles. The van der Waals surface area contributed by atoms with Crippen LogP contribution in [0.2, 0.25) is 0 Å². The van der Waals surface area contributed by atoms with Gasteiger partial charge >= 0.3 is 0 Å². The van der Waals surface area contributed by atoms with E-state index >= 15 is 0 Å². The van der Waals surface area contributed by atoms with Gasteiger partial charge < -0.3 is 15.7 Å². The number of amides is 2. The second-order valence-corrected chi connectivity index (χ2v) is 6.53. The summed E-state index contributed by atoms with van der Waals surface area (Å²) >= 11 is 0. The highest BCUT2D eigenvalue weighted by atomic mass is 16.3. The van der Waals surface area contributed by atoms with Crippen LogP contribution in [0, 0.1) is 0 Å². The molecule has 0 radical (unpaired) electrons. The Bertz CT molecular complexity index is 396. The van der Waals surface area contributed by atoms with Gasteiger partial charge in [0.25, 0.3) is 0 Å². The molecule has 0 unspecified atom stereocenters. The normalized spacial score (nSPS) is 26.7. The van der Waals surface area contributed by atoms with E-state index in [0.717, 1.165) is 19.3 Å². The number of nitrogens with two attached hydrogens (primary N) is 1. The Balaban J connectivity index is 2.00. The quantitative estimate of drug-likeness (QED) is 0.727. The highest BCUT2D eigenvalue weighted by Gasteiger charge is 2.44. The molecule has 1 atom stereocenters. The predicted octanol–water partition coefficient (Wildman–Crippen LogP) is 0.0897. The topological polar surface area (TPSA) is 86.9 Å². The zero-order chi connectivity index (χ0) is 15.5. The van der Waals surface area contributed by atoms with Gasteiger partial charge in [-0.05, 0) is 32.7 Å². The van der Waals surface area contributed by atoms with E-state index in [0.29, 0.717) is 25.6 Å². The molecule has 0 aromatic carbocycles. The zero-order valence-corrected chi connectivity index (χ0v) is 12.9. The maximum absolute atomic E-state index is 12.6. The van der Waals surface area contributed by atoms with E-state index in [1.165, 1.54) is 12.8 Å². The summed E-state index contributed by atoms with van der Waals surface area (Å²) in [6.45, 7) is 0.755. The van der Waals surface area contributed by atoms with E-state index in [2.05, 4.69) is 4.90 Å². The van der Waals surface area contributed by atoms with Crippen molar-refractivity contribution in [2.45, 2.75) is 56.5 Å².